The van der Waals surface area contributed by atoms with E-state index >= 15 is 0 Å². The number of rotatable bonds is 7. The average molecular weight is 422 g/mol. The second kappa shape index (κ2) is 8.77. The van der Waals surface area contributed by atoms with Gasteiger partial charge >= 0.3 is 11.8 Å². The Balaban J connectivity index is 1.33. The number of hydrogen-bond acceptors (Lipinski definition) is 7. The Morgan fingerprint density at radius 3 is 2.55 bits per heavy atom. The van der Waals surface area contributed by atoms with Gasteiger partial charge in [0.05, 0.1) is 20.2 Å². The molecule has 0 aliphatic carbocycles. The average Bonchev–Trinajstić information content (AvgIpc) is 3.21. The lowest BCUT2D eigenvalue weighted by Gasteiger charge is -2.38. The Kier molecular flexibility index (Phi) is 5.90. The molecule has 4 rings (SSSR count). The summed E-state index contributed by atoms with van der Waals surface area (Å²) in [6, 6.07) is 13.4. The minimum Gasteiger partial charge on any atom is -0.497 e. The second-order valence-electron chi connectivity index (χ2n) is 7.93. The molecule has 2 aromatic carbocycles. The lowest BCUT2D eigenvalue weighted by Crippen LogP contribution is -2.56. The van der Waals surface area contributed by atoms with Crippen LogP contribution in [0.15, 0.2) is 46.9 Å². The predicted molar refractivity (Wildman–Crippen MR) is 115 cm³/mol. The first kappa shape index (κ1) is 20.9. The van der Waals surface area contributed by atoms with Gasteiger partial charge < -0.3 is 23.7 Å². The minimum atomic E-state index is -0.287. The highest BCUT2D eigenvalue weighted by Crippen LogP contribution is 2.26. The molecule has 162 valence electrons. The van der Waals surface area contributed by atoms with E-state index in [0.717, 1.165) is 29.2 Å². The monoisotopic (exact) mass is 422 g/mol. The van der Waals surface area contributed by atoms with Crippen molar-refractivity contribution in [2.75, 3.05) is 34.3 Å². The van der Waals surface area contributed by atoms with Gasteiger partial charge in [0.2, 0.25) is 5.89 Å². The molecular weight excluding hydrogens is 396 g/mol. The van der Waals surface area contributed by atoms with E-state index in [-0.39, 0.29) is 17.9 Å². The fraction of sp³-hybridized carbons (Fsp3) is 0.348. The van der Waals surface area contributed by atoms with Gasteiger partial charge in [-0.1, -0.05) is 12.1 Å². The lowest BCUT2D eigenvalue weighted by atomic mass is 10.1. The van der Waals surface area contributed by atoms with Gasteiger partial charge in [-0.05, 0) is 62.5 Å². The zero-order valence-electron chi connectivity index (χ0n) is 18.2. The van der Waals surface area contributed by atoms with Gasteiger partial charge in [-0.15, -0.1) is 10.2 Å². The summed E-state index contributed by atoms with van der Waals surface area (Å²) in [5.41, 5.74) is 3.06. The van der Waals surface area contributed by atoms with Gasteiger partial charge in [0.25, 0.3) is 0 Å². The van der Waals surface area contributed by atoms with E-state index in [1.165, 1.54) is 5.56 Å². The van der Waals surface area contributed by atoms with Crippen molar-refractivity contribution in [2.24, 2.45) is 0 Å². The standard InChI is InChI=1S/C23H26N4O4/c1-15-11-16(12-26(2)3)5-10-20(15)30-19-13-27(14-19)23(28)22-25-24-21(31-22)17-6-8-18(29-4)9-7-17/h5-11,19H,12-14H2,1-4H3. The quantitative estimate of drug-likeness (QED) is 0.579. The summed E-state index contributed by atoms with van der Waals surface area (Å²) < 4.78 is 16.8. The number of ether oxygens (including phenoxy) is 2. The summed E-state index contributed by atoms with van der Waals surface area (Å²) in [4.78, 5) is 16.4. The third-order valence-corrected chi connectivity index (χ3v) is 5.11. The van der Waals surface area contributed by atoms with Crippen molar-refractivity contribution in [1.82, 2.24) is 20.0 Å². The molecule has 8 nitrogen and oxygen atoms in total. The second-order valence-corrected chi connectivity index (χ2v) is 7.93. The summed E-state index contributed by atoms with van der Waals surface area (Å²) >= 11 is 0. The highest BCUT2D eigenvalue weighted by Gasteiger charge is 2.35. The van der Waals surface area contributed by atoms with Crippen LogP contribution in [-0.2, 0) is 6.54 Å². The molecule has 0 spiro atoms. The number of benzene rings is 2. The molecule has 1 amide bonds. The molecule has 0 bridgehead atoms. The highest BCUT2D eigenvalue weighted by atomic mass is 16.5. The lowest BCUT2D eigenvalue weighted by molar-refractivity contribution is 0.0147. The molecule has 0 radical (unpaired) electrons. The molecule has 1 aliphatic heterocycles. The topological polar surface area (TPSA) is 80.9 Å². The van der Waals surface area contributed by atoms with Crippen LogP contribution in [0.3, 0.4) is 0 Å². The molecule has 31 heavy (non-hydrogen) atoms. The first-order chi connectivity index (χ1) is 14.9. The van der Waals surface area contributed by atoms with E-state index in [4.69, 9.17) is 13.9 Å². The van der Waals surface area contributed by atoms with Crippen LogP contribution in [0.2, 0.25) is 0 Å². The normalized spacial score (nSPS) is 13.9. The fourth-order valence-corrected chi connectivity index (χ4v) is 3.46. The van der Waals surface area contributed by atoms with Gasteiger partial charge in [-0.2, -0.15) is 0 Å². The largest absolute Gasteiger partial charge is 0.497 e. The molecule has 0 N–H and O–H groups in total. The number of nitrogens with zero attached hydrogens (tertiary/aromatic N) is 4. The van der Waals surface area contributed by atoms with Gasteiger partial charge in [0.1, 0.15) is 17.6 Å². The number of carbonyl (C=O) groups is 1. The summed E-state index contributed by atoms with van der Waals surface area (Å²) in [6.45, 7) is 3.89. The molecule has 0 saturated carbocycles. The van der Waals surface area contributed by atoms with E-state index in [2.05, 4.69) is 27.2 Å². The van der Waals surface area contributed by atoms with E-state index in [9.17, 15) is 4.79 Å². The van der Waals surface area contributed by atoms with Crippen molar-refractivity contribution in [3.05, 3.63) is 59.5 Å². The number of amides is 1. The van der Waals surface area contributed by atoms with Crippen LogP contribution in [0.5, 0.6) is 11.5 Å². The minimum absolute atomic E-state index is 0.0199. The summed E-state index contributed by atoms with van der Waals surface area (Å²) in [5, 5.41) is 7.90. The molecule has 2 heterocycles. The fourth-order valence-electron chi connectivity index (χ4n) is 3.46. The Morgan fingerprint density at radius 1 is 1.16 bits per heavy atom. The zero-order chi connectivity index (χ0) is 22.0. The molecular formula is C23H26N4O4. The van der Waals surface area contributed by atoms with Crippen LogP contribution in [0.1, 0.15) is 21.8 Å². The Labute approximate surface area is 181 Å². The Bertz CT molecular complexity index is 1060. The Morgan fingerprint density at radius 2 is 1.90 bits per heavy atom. The molecule has 1 aromatic heterocycles. The van der Waals surface area contributed by atoms with E-state index < -0.39 is 0 Å². The van der Waals surface area contributed by atoms with Crippen LogP contribution < -0.4 is 9.47 Å². The Hall–Kier alpha value is -3.39. The van der Waals surface area contributed by atoms with Crippen molar-refractivity contribution in [2.45, 2.75) is 19.6 Å². The van der Waals surface area contributed by atoms with Gasteiger partial charge in [0.15, 0.2) is 0 Å². The van der Waals surface area contributed by atoms with E-state index in [0.29, 0.717) is 19.0 Å². The molecule has 3 aromatic rings. The summed E-state index contributed by atoms with van der Waals surface area (Å²) in [5.74, 6) is 1.57. The van der Waals surface area contributed by atoms with Crippen LogP contribution in [0.4, 0.5) is 0 Å². The molecule has 1 fully saturated rings. The summed E-state index contributed by atoms with van der Waals surface area (Å²) in [6.07, 6.45) is -0.0497. The molecule has 8 heteroatoms. The first-order valence-corrected chi connectivity index (χ1v) is 10.1. The third kappa shape index (κ3) is 4.69. The molecule has 1 saturated heterocycles. The number of likely N-dealkylation sites (tertiary alicyclic amines) is 1. The van der Waals surface area contributed by atoms with Crippen molar-refractivity contribution < 1.29 is 18.7 Å². The van der Waals surface area contributed by atoms with Gasteiger partial charge in [0, 0.05) is 12.1 Å². The number of aryl methyl sites for hydroxylation is 1. The third-order valence-electron chi connectivity index (χ3n) is 5.11. The maximum atomic E-state index is 12.6. The first-order valence-electron chi connectivity index (χ1n) is 10.1. The maximum absolute atomic E-state index is 12.6. The van der Waals surface area contributed by atoms with Crippen molar-refractivity contribution in [3.8, 4) is 23.0 Å². The number of methoxy groups -OCH3 is 1. The maximum Gasteiger partial charge on any atom is 0.311 e. The van der Waals surface area contributed by atoms with Crippen molar-refractivity contribution in [1.29, 1.82) is 0 Å². The van der Waals surface area contributed by atoms with Crippen LogP contribution in [0, 0.1) is 6.92 Å². The smallest absolute Gasteiger partial charge is 0.311 e. The highest BCUT2D eigenvalue weighted by molar-refractivity contribution is 5.90. The molecule has 1 aliphatic rings. The zero-order valence-corrected chi connectivity index (χ0v) is 18.2. The number of aromatic nitrogens is 2. The van der Waals surface area contributed by atoms with Crippen molar-refractivity contribution >= 4 is 5.91 Å². The van der Waals surface area contributed by atoms with Crippen LogP contribution in [0.25, 0.3) is 11.5 Å². The SMILES string of the molecule is COc1ccc(-c2nnc(C(=O)N3CC(Oc4ccc(CN(C)C)cc4C)C3)o2)cc1. The van der Waals surface area contributed by atoms with Crippen LogP contribution >= 0.6 is 0 Å². The number of hydrogen-bond donors (Lipinski definition) is 0. The van der Waals surface area contributed by atoms with Gasteiger partial charge in [-0.25, -0.2) is 0 Å². The van der Waals surface area contributed by atoms with E-state index in [1.807, 2.05) is 27.1 Å². The molecule has 0 atom stereocenters. The van der Waals surface area contributed by atoms with Gasteiger partial charge in [-0.3, -0.25) is 4.79 Å². The summed E-state index contributed by atoms with van der Waals surface area (Å²) in [7, 11) is 5.69. The predicted octanol–water partition coefficient (Wildman–Crippen LogP) is 3.02. The van der Waals surface area contributed by atoms with Crippen molar-refractivity contribution in [3.63, 3.8) is 0 Å². The number of carbonyl (C=O) groups excluding carboxylic acids is 1. The van der Waals surface area contributed by atoms with Crippen LogP contribution in [-0.4, -0.2) is 66.3 Å². The van der Waals surface area contributed by atoms with E-state index in [1.54, 1.807) is 36.3 Å². The molecule has 0 unspecified atom stereocenters.